The molecule has 4 rings (SSSR count). The van der Waals surface area contributed by atoms with Gasteiger partial charge < -0.3 is 10.2 Å². The van der Waals surface area contributed by atoms with Gasteiger partial charge in [-0.2, -0.15) is 0 Å². The number of amides is 1. The van der Waals surface area contributed by atoms with Gasteiger partial charge >= 0.3 is 0 Å². The summed E-state index contributed by atoms with van der Waals surface area (Å²) in [5.74, 6) is -0.0881. The molecule has 0 unspecified atom stereocenters. The van der Waals surface area contributed by atoms with Crippen LogP contribution in [0.1, 0.15) is 34.6 Å². The maximum absolute atomic E-state index is 12.8. The van der Waals surface area contributed by atoms with Gasteiger partial charge in [0.15, 0.2) is 5.13 Å². The number of nitrogens with one attached hydrogen (secondary N) is 1. The Morgan fingerprint density at radius 1 is 1.15 bits per heavy atom. The van der Waals surface area contributed by atoms with E-state index in [1.165, 1.54) is 18.5 Å². The summed E-state index contributed by atoms with van der Waals surface area (Å²) in [6.45, 7) is 6.19. The van der Waals surface area contributed by atoms with Crippen molar-refractivity contribution >= 4 is 28.6 Å². The number of hydrogen-bond acceptors (Lipinski definition) is 4. The van der Waals surface area contributed by atoms with Crippen LogP contribution in [0.15, 0.2) is 41.9 Å². The van der Waals surface area contributed by atoms with Gasteiger partial charge in [0.2, 0.25) is 0 Å². The molecule has 0 spiro atoms. The van der Waals surface area contributed by atoms with Crippen molar-refractivity contribution < 1.29 is 4.79 Å². The minimum absolute atomic E-state index is 0.0881. The number of hydrogen-bond donors (Lipinski definition) is 1. The average Bonchev–Trinajstić information content (AvgIpc) is 3.37. The van der Waals surface area contributed by atoms with Gasteiger partial charge in [0.1, 0.15) is 0 Å². The van der Waals surface area contributed by atoms with Crippen LogP contribution in [-0.4, -0.2) is 28.5 Å². The summed E-state index contributed by atoms with van der Waals surface area (Å²) in [6.07, 6.45) is 4.29. The SMILES string of the molecule is Cc1cc(C(=O)Nc2ccc(N3CCCC3)cc2)c(C)n1-c1nccs1. The fourth-order valence-corrected chi connectivity index (χ4v) is 4.29. The van der Waals surface area contributed by atoms with E-state index < -0.39 is 0 Å². The lowest BCUT2D eigenvalue weighted by Gasteiger charge is -2.17. The van der Waals surface area contributed by atoms with Crippen molar-refractivity contribution in [2.45, 2.75) is 26.7 Å². The standard InChI is InChI=1S/C20H22N4OS/c1-14-13-18(15(2)24(14)20-21-9-12-26-20)19(25)22-16-5-7-17(8-6-16)23-10-3-4-11-23/h5-9,12-13H,3-4,10-11H2,1-2H3,(H,22,25). The summed E-state index contributed by atoms with van der Waals surface area (Å²) in [6, 6.07) is 10.0. The molecule has 1 aliphatic rings. The molecule has 1 amide bonds. The summed E-state index contributed by atoms with van der Waals surface area (Å²) in [7, 11) is 0. The van der Waals surface area contributed by atoms with Crippen LogP contribution < -0.4 is 10.2 Å². The molecule has 1 fully saturated rings. The summed E-state index contributed by atoms with van der Waals surface area (Å²) in [5.41, 5.74) is 4.64. The number of thiazole rings is 1. The molecule has 0 bridgehead atoms. The number of carbonyl (C=O) groups excluding carboxylic acids is 1. The third-order valence-corrected chi connectivity index (χ3v) is 5.64. The molecule has 3 aromatic rings. The van der Waals surface area contributed by atoms with Crippen molar-refractivity contribution in [3.05, 3.63) is 58.9 Å². The lowest BCUT2D eigenvalue weighted by molar-refractivity contribution is 0.102. The van der Waals surface area contributed by atoms with Crippen molar-refractivity contribution in [3.63, 3.8) is 0 Å². The summed E-state index contributed by atoms with van der Waals surface area (Å²) >= 11 is 1.56. The quantitative estimate of drug-likeness (QED) is 0.744. The number of benzene rings is 1. The second kappa shape index (κ2) is 6.96. The molecule has 1 aliphatic heterocycles. The maximum atomic E-state index is 12.8. The Hall–Kier alpha value is -2.60. The number of aromatic nitrogens is 2. The first-order valence-corrected chi connectivity index (χ1v) is 9.76. The smallest absolute Gasteiger partial charge is 0.257 e. The first-order valence-electron chi connectivity index (χ1n) is 8.88. The normalized spacial score (nSPS) is 14.0. The van der Waals surface area contributed by atoms with E-state index >= 15 is 0 Å². The number of anilines is 2. The van der Waals surface area contributed by atoms with Crippen LogP contribution in [0.25, 0.3) is 5.13 Å². The molecule has 26 heavy (non-hydrogen) atoms. The Kier molecular flexibility index (Phi) is 4.51. The lowest BCUT2D eigenvalue weighted by Crippen LogP contribution is -2.17. The van der Waals surface area contributed by atoms with E-state index in [0.29, 0.717) is 5.56 Å². The topological polar surface area (TPSA) is 50.2 Å². The Labute approximate surface area is 157 Å². The minimum Gasteiger partial charge on any atom is -0.372 e. The Bertz CT molecular complexity index is 906. The molecular weight excluding hydrogens is 344 g/mol. The highest BCUT2D eigenvalue weighted by Gasteiger charge is 2.18. The van der Waals surface area contributed by atoms with E-state index in [1.807, 2.05) is 42.0 Å². The van der Waals surface area contributed by atoms with E-state index in [2.05, 4.69) is 27.3 Å². The lowest BCUT2D eigenvalue weighted by atomic mass is 10.2. The zero-order chi connectivity index (χ0) is 18.1. The second-order valence-corrected chi connectivity index (χ2v) is 7.50. The van der Waals surface area contributed by atoms with E-state index in [0.717, 1.165) is 35.3 Å². The van der Waals surface area contributed by atoms with Gasteiger partial charge in [-0.15, -0.1) is 11.3 Å². The van der Waals surface area contributed by atoms with Gasteiger partial charge in [-0.25, -0.2) is 4.98 Å². The number of nitrogens with zero attached hydrogens (tertiary/aromatic N) is 3. The van der Waals surface area contributed by atoms with Gasteiger partial charge in [0, 0.05) is 47.4 Å². The maximum Gasteiger partial charge on any atom is 0.257 e. The molecule has 1 saturated heterocycles. The minimum atomic E-state index is -0.0881. The zero-order valence-corrected chi connectivity index (χ0v) is 15.8. The van der Waals surface area contributed by atoms with Crippen LogP contribution in [0.5, 0.6) is 0 Å². The predicted molar refractivity (Wildman–Crippen MR) is 107 cm³/mol. The molecule has 0 atom stereocenters. The molecule has 5 nitrogen and oxygen atoms in total. The molecule has 0 saturated carbocycles. The molecule has 0 radical (unpaired) electrons. The monoisotopic (exact) mass is 366 g/mol. The summed E-state index contributed by atoms with van der Waals surface area (Å²) < 4.78 is 2.02. The van der Waals surface area contributed by atoms with Crippen molar-refractivity contribution in [1.29, 1.82) is 0 Å². The van der Waals surface area contributed by atoms with Gasteiger partial charge in [-0.1, -0.05) is 0 Å². The Morgan fingerprint density at radius 3 is 2.54 bits per heavy atom. The van der Waals surface area contributed by atoms with Gasteiger partial charge in [-0.05, 0) is 57.0 Å². The van der Waals surface area contributed by atoms with Crippen molar-refractivity contribution in [1.82, 2.24) is 9.55 Å². The summed E-state index contributed by atoms with van der Waals surface area (Å²) in [5, 5.41) is 5.84. The number of aryl methyl sites for hydroxylation is 1. The van der Waals surface area contributed by atoms with Crippen molar-refractivity contribution in [3.8, 4) is 5.13 Å². The second-order valence-electron chi connectivity index (χ2n) is 6.63. The highest BCUT2D eigenvalue weighted by molar-refractivity contribution is 7.12. The third kappa shape index (κ3) is 3.12. The van der Waals surface area contributed by atoms with Crippen LogP contribution in [0.3, 0.4) is 0 Å². The van der Waals surface area contributed by atoms with Crippen LogP contribution in [0.4, 0.5) is 11.4 Å². The van der Waals surface area contributed by atoms with E-state index in [-0.39, 0.29) is 5.91 Å². The number of rotatable bonds is 4. The van der Waals surface area contributed by atoms with Crippen LogP contribution >= 0.6 is 11.3 Å². The Balaban J connectivity index is 1.52. The van der Waals surface area contributed by atoms with Crippen molar-refractivity contribution in [2.24, 2.45) is 0 Å². The van der Waals surface area contributed by atoms with E-state index in [9.17, 15) is 4.79 Å². The molecule has 134 valence electrons. The van der Waals surface area contributed by atoms with Gasteiger partial charge in [-0.3, -0.25) is 9.36 Å². The zero-order valence-electron chi connectivity index (χ0n) is 15.0. The van der Waals surface area contributed by atoms with Gasteiger partial charge in [0.25, 0.3) is 5.91 Å². The summed E-state index contributed by atoms with van der Waals surface area (Å²) in [4.78, 5) is 19.5. The first-order chi connectivity index (χ1) is 12.6. The predicted octanol–water partition coefficient (Wildman–Crippen LogP) is 4.40. The first kappa shape index (κ1) is 16.8. The van der Waals surface area contributed by atoms with Crippen LogP contribution in [0, 0.1) is 13.8 Å². The molecule has 2 aromatic heterocycles. The molecule has 6 heteroatoms. The fraction of sp³-hybridized carbons (Fsp3) is 0.300. The van der Waals surface area contributed by atoms with Crippen LogP contribution in [-0.2, 0) is 0 Å². The fourth-order valence-electron chi connectivity index (χ4n) is 3.54. The number of carbonyl (C=O) groups is 1. The Morgan fingerprint density at radius 2 is 1.88 bits per heavy atom. The third-order valence-electron chi connectivity index (χ3n) is 4.88. The molecule has 1 aromatic carbocycles. The van der Waals surface area contributed by atoms with Gasteiger partial charge in [0.05, 0.1) is 5.56 Å². The van der Waals surface area contributed by atoms with E-state index in [4.69, 9.17) is 0 Å². The molecule has 3 heterocycles. The van der Waals surface area contributed by atoms with Crippen LogP contribution in [0.2, 0.25) is 0 Å². The van der Waals surface area contributed by atoms with Crippen molar-refractivity contribution in [2.75, 3.05) is 23.3 Å². The molecule has 0 aliphatic carbocycles. The average molecular weight is 366 g/mol. The highest BCUT2D eigenvalue weighted by Crippen LogP contribution is 2.25. The molecular formula is C20H22N4OS. The highest BCUT2D eigenvalue weighted by atomic mass is 32.1. The van der Waals surface area contributed by atoms with E-state index in [1.54, 1.807) is 17.5 Å². The largest absolute Gasteiger partial charge is 0.372 e. The molecule has 1 N–H and O–H groups in total.